The summed E-state index contributed by atoms with van der Waals surface area (Å²) < 4.78 is 14.2. The van der Waals surface area contributed by atoms with E-state index in [2.05, 4.69) is 6.08 Å². The van der Waals surface area contributed by atoms with Gasteiger partial charge in [-0.05, 0) is 70.1 Å². The minimum absolute atomic E-state index is 0.220. The average Bonchev–Trinajstić information content (AvgIpc) is 2.43. The van der Waals surface area contributed by atoms with Crippen molar-refractivity contribution in [3.05, 3.63) is 41.5 Å². The van der Waals surface area contributed by atoms with E-state index in [1.54, 1.807) is 12.5 Å². The summed E-state index contributed by atoms with van der Waals surface area (Å²) in [5.74, 6) is 0. The van der Waals surface area contributed by atoms with Crippen molar-refractivity contribution >= 4 is 5.69 Å². The molecule has 0 saturated heterocycles. The summed E-state index contributed by atoms with van der Waals surface area (Å²) in [5, 5.41) is 10.1. The molecule has 1 aliphatic rings. The highest BCUT2D eigenvalue weighted by Crippen LogP contribution is 2.26. The van der Waals surface area contributed by atoms with Gasteiger partial charge in [0.25, 0.3) is 0 Å². The van der Waals surface area contributed by atoms with Crippen molar-refractivity contribution in [3.8, 4) is 0 Å². The molecule has 0 bridgehead atoms. The fourth-order valence-corrected chi connectivity index (χ4v) is 2.47. The number of rotatable bonds is 7. The first-order chi connectivity index (χ1) is 10.1. The van der Waals surface area contributed by atoms with Gasteiger partial charge < -0.3 is 5.11 Å². The van der Waals surface area contributed by atoms with E-state index < -0.39 is 0 Å². The van der Waals surface area contributed by atoms with Gasteiger partial charge in [0.1, 0.15) is 0 Å². The summed E-state index contributed by atoms with van der Waals surface area (Å²) in [6.07, 6.45) is 7.95. The third-order valence-corrected chi connectivity index (χ3v) is 4.19. The largest absolute Gasteiger partial charge is 0.393 e. The number of allylic oxidation sites excluding steroid dienone is 2. The van der Waals surface area contributed by atoms with Gasteiger partial charge in [0.05, 0.1) is 17.8 Å². The van der Waals surface area contributed by atoms with Crippen LogP contribution in [0.4, 0.5) is 10.2 Å². The van der Waals surface area contributed by atoms with Crippen LogP contribution in [0.2, 0.25) is 0 Å². The molecule has 21 heavy (non-hydrogen) atoms. The second kappa shape index (κ2) is 7.60. The molecule has 1 fully saturated rings. The topological polar surface area (TPSA) is 23.5 Å². The van der Waals surface area contributed by atoms with Crippen LogP contribution in [0.25, 0.3) is 0 Å². The van der Waals surface area contributed by atoms with E-state index in [1.807, 2.05) is 31.2 Å². The minimum Gasteiger partial charge on any atom is -0.393 e. The maximum absolute atomic E-state index is 14.2. The molecule has 0 amide bonds. The van der Waals surface area contributed by atoms with E-state index in [1.165, 1.54) is 24.8 Å². The summed E-state index contributed by atoms with van der Waals surface area (Å²) in [6.45, 7) is 3.58. The Morgan fingerprint density at radius 1 is 1.19 bits per heavy atom. The first kappa shape index (κ1) is 16.0. The van der Waals surface area contributed by atoms with Gasteiger partial charge in [-0.15, -0.1) is 0 Å². The van der Waals surface area contributed by atoms with E-state index in [-0.39, 0.29) is 12.1 Å². The van der Waals surface area contributed by atoms with Crippen molar-refractivity contribution in [3.63, 3.8) is 0 Å². The zero-order valence-electron chi connectivity index (χ0n) is 13.1. The van der Waals surface area contributed by atoms with E-state index in [0.717, 1.165) is 11.5 Å². The maximum atomic E-state index is 14.2. The molecule has 1 saturated carbocycles. The van der Waals surface area contributed by atoms with Gasteiger partial charge in [-0.2, -0.15) is 0 Å². The van der Waals surface area contributed by atoms with Crippen molar-refractivity contribution in [1.82, 2.24) is 0 Å². The second-order valence-corrected chi connectivity index (χ2v) is 6.17. The second-order valence-electron chi connectivity index (χ2n) is 6.17. The molecule has 2 atom stereocenters. The van der Waals surface area contributed by atoms with Crippen LogP contribution in [0.1, 0.15) is 51.5 Å². The lowest BCUT2D eigenvalue weighted by Gasteiger charge is -2.22. The number of halogens is 1. The van der Waals surface area contributed by atoms with Crippen LogP contribution in [0, 0.1) is 0 Å². The lowest BCUT2D eigenvalue weighted by molar-refractivity contribution is 0.175. The fraction of sp³-hybridized carbons (Fsp3) is 0.556. The molecule has 3 heteroatoms. The first-order valence-electron chi connectivity index (χ1n) is 7.96. The molecular formula is C18H26FNO. The quantitative estimate of drug-likeness (QED) is 0.587. The minimum atomic E-state index is -0.372. The molecule has 1 aliphatic carbocycles. The molecule has 2 unspecified atom stereocenters. The normalized spacial score (nSPS) is 17.0. The Bertz CT molecular complexity index is 461. The molecule has 1 aromatic carbocycles. The van der Waals surface area contributed by atoms with E-state index in [0.29, 0.717) is 18.5 Å². The Morgan fingerprint density at radius 3 is 2.38 bits per heavy atom. The number of aliphatic hydroxyl groups is 1. The summed E-state index contributed by atoms with van der Waals surface area (Å²) in [5.41, 5.74) is 3.37. The summed E-state index contributed by atoms with van der Waals surface area (Å²) >= 11 is 0. The third kappa shape index (κ3) is 4.85. The Balaban J connectivity index is 1.87. The molecule has 0 aromatic heterocycles. The SMILES string of the molecule is CC(O)CCC(C)N(F)c1ccc(CC=C2CCC2)cc1. The van der Waals surface area contributed by atoms with Gasteiger partial charge in [0.15, 0.2) is 0 Å². The van der Waals surface area contributed by atoms with Crippen molar-refractivity contribution in [1.29, 1.82) is 0 Å². The van der Waals surface area contributed by atoms with Crippen LogP contribution in [-0.2, 0) is 6.42 Å². The first-order valence-corrected chi connectivity index (χ1v) is 7.96. The Hall–Kier alpha value is -1.35. The molecule has 2 rings (SSSR count). The van der Waals surface area contributed by atoms with Gasteiger partial charge >= 0.3 is 0 Å². The summed E-state index contributed by atoms with van der Waals surface area (Å²) in [4.78, 5) is 0. The summed E-state index contributed by atoms with van der Waals surface area (Å²) in [7, 11) is 0. The van der Waals surface area contributed by atoms with Crippen LogP contribution in [0.5, 0.6) is 0 Å². The molecular weight excluding hydrogens is 265 g/mol. The van der Waals surface area contributed by atoms with Gasteiger partial charge in [-0.25, -0.2) is 5.12 Å². The highest BCUT2D eigenvalue weighted by atomic mass is 19.2. The van der Waals surface area contributed by atoms with Crippen LogP contribution < -0.4 is 5.12 Å². The van der Waals surface area contributed by atoms with Gasteiger partial charge in [-0.3, -0.25) is 0 Å². The van der Waals surface area contributed by atoms with Crippen molar-refractivity contribution in [2.45, 2.75) is 64.5 Å². The molecule has 1 N–H and O–H groups in total. The highest BCUT2D eigenvalue weighted by Gasteiger charge is 2.15. The standard InChI is InChI=1S/C18H26FNO/c1-14(6-7-15(2)21)20(19)18-12-10-17(11-13-18)9-8-16-4-3-5-16/h8,10-15,21H,3-7,9H2,1-2H3. The van der Waals surface area contributed by atoms with Crippen LogP contribution in [0.15, 0.2) is 35.9 Å². The molecule has 0 aliphatic heterocycles. The number of hydrogen-bond donors (Lipinski definition) is 1. The van der Waals surface area contributed by atoms with Crippen molar-refractivity contribution < 1.29 is 9.59 Å². The molecule has 0 spiro atoms. The van der Waals surface area contributed by atoms with Crippen molar-refractivity contribution in [2.24, 2.45) is 0 Å². The highest BCUT2D eigenvalue weighted by molar-refractivity contribution is 5.46. The zero-order chi connectivity index (χ0) is 15.2. The van der Waals surface area contributed by atoms with E-state index in [9.17, 15) is 9.59 Å². The number of benzene rings is 1. The molecule has 1 aromatic rings. The predicted molar refractivity (Wildman–Crippen MR) is 86.0 cm³/mol. The predicted octanol–water partition coefficient (Wildman–Crippen LogP) is 4.58. The van der Waals surface area contributed by atoms with Crippen LogP contribution in [-0.4, -0.2) is 17.3 Å². The average molecular weight is 291 g/mol. The Labute approximate surface area is 127 Å². The lowest BCUT2D eigenvalue weighted by atomic mass is 9.91. The number of hydrogen-bond acceptors (Lipinski definition) is 2. The Kier molecular flexibility index (Phi) is 5.80. The summed E-state index contributed by atoms with van der Waals surface area (Å²) in [6, 6.07) is 7.46. The van der Waals surface area contributed by atoms with E-state index >= 15 is 0 Å². The van der Waals surface area contributed by atoms with E-state index in [4.69, 9.17) is 0 Å². The van der Waals surface area contributed by atoms with Gasteiger partial charge in [0, 0.05) is 0 Å². The monoisotopic (exact) mass is 291 g/mol. The smallest absolute Gasteiger partial charge is 0.0691 e. The molecule has 116 valence electrons. The number of aliphatic hydroxyl groups excluding tert-OH is 1. The Morgan fingerprint density at radius 2 is 1.86 bits per heavy atom. The third-order valence-electron chi connectivity index (χ3n) is 4.19. The molecule has 0 heterocycles. The zero-order valence-corrected chi connectivity index (χ0v) is 13.1. The molecule has 0 radical (unpaired) electrons. The maximum Gasteiger partial charge on any atom is 0.0691 e. The lowest BCUT2D eigenvalue weighted by Crippen LogP contribution is -2.25. The van der Waals surface area contributed by atoms with Crippen LogP contribution >= 0.6 is 0 Å². The van der Waals surface area contributed by atoms with Gasteiger partial charge in [0.2, 0.25) is 0 Å². The molecule has 2 nitrogen and oxygen atoms in total. The number of anilines is 1. The van der Waals surface area contributed by atoms with Crippen LogP contribution in [0.3, 0.4) is 0 Å². The fourth-order valence-electron chi connectivity index (χ4n) is 2.47. The van der Waals surface area contributed by atoms with Crippen molar-refractivity contribution in [2.75, 3.05) is 5.12 Å². The van der Waals surface area contributed by atoms with Gasteiger partial charge in [-0.1, -0.05) is 28.3 Å². The number of nitrogens with zero attached hydrogens (tertiary/aromatic N) is 1.